The first-order valence-electron chi connectivity index (χ1n) is 20.1. The average molecular weight is 783 g/mol. The van der Waals surface area contributed by atoms with Crippen LogP contribution in [0.3, 0.4) is 0 Å². The van der Waals surface area contributed by atoms with Crippen molar-refractivity contribution >= 4 is 39.5 Å². The van der Waals surface area contributed by atoms with E-state index < -0.39 is 6.09 Å². The number of aromatic nitrogens is 4. The summed E-state index contributed by atoms with van der Waals surface area (Å²) < 4.78 is 10.8. The van der Waals surface area contributed by atoms with Crippen LogP contribution in [0.5, 0.6) is 11.5 Å². The molecule has 0 unspecified atom stereocenters. The smallest absolute Gasteiger partial charge is 0.407 e. The molecule has 58 heavy (non-hydrogen) atoms. The Bertz CT molecular complexity index is 2420. The monoisotopic (exact) mass is 782 g/mol. The third kappa shape index (κ3) is 8.75. The van der Waals surface area contributed by atoms with Gasteiger partial charge >= 0.3 is 6.09 Å². The molecule has 3 aliphatic rings. The van der Waals surface area contributed by atoms with E-state index in [-0.39, 0.29) is 29.7 Å². The van der Waals surface area contributed by atoms with Gasteiger partial charge in [-0.05, 0) is 99.2 Å². The minimum absolute atomic E-state index is 0.0439. The highest BCUT2D eigenvalue weighted by atomic mass is 16.6. The number of hydrogen-bond donors (Lipinski definition) is 4. The number of nitrogens with one attached hydrogen (secondary N) is 1. The summed E-state index contributed by atoms with van der Waals surface area (Å²) in [5.41, 5.74) is 11.4. The zero-order chi connectivity index (χ0) is 40.2. The molecule has 3 fully saturated rings. The number of hydrogen-bond acceptors (Lipinski definition) is 12. The number of amides is 1. The van der Waals surface area contributed by atoms with Gasteiger partial charge in [-0.15, -0.1) is 0 Å². The highest BCUT2D eigenvalue weighted by Crippen LogP contribution is 2.35. The van der Waals surface area contributed by atoms with E-state index in [1.165, 1.54) is 0 Å². The number of nitrogens with two attached hydrogens (primary N) is 1. The predicted molar refractivity (Wildman–Crippen MR) is 226 cm³/mol. The van der Waals surface area contributed by atoms with Gasteiger partial charge in [-0.3, -0.25) is 0 Å². The van der Waals surface area contributed by atoms with Crippen molar-refractivity contribution in [2.45, 2.75) is 64.1 Å². The number of piperidine rings is 2. The van der Waals surface area contributed by atoms with Crippen molar-refractivity contribution in [3.05, 3.63) is 96.1 Å². The van der Waals surface area contributed by atoms with Gasteiger partial charge in [0.1, 0.15) is 29.2 Å². The molecule has 13 nitrogen and oxygen atoms in total. The molecular formula is C45H50N8O5. The van der Waals surface area contributed by atoms with Crippen LogP contribution in [-0.4, -0.2) is 93.8 Å². The SMILES string of the molecule is Cc1ccc2c(N3CCC[C@@H](N)C3)nc(-c3ccccc3O)nc2c1.Cc1ccc2c(N3CCC[C@@H](NC(=O)O[C@@H]4CCOC4)C3)nc(-c3ccccc3O)nc2c1. The number of carbonyl (C=O) groups excluding carboxylic acids is 1. The topological polar surface area (TPSA) is 172 Å². The van der Waals surface area contributed by atoms with Crippen molar-refractivity contribution in [3.8, 4) is 34.3 Å². The lowest BCUT2D eigenvalue weighted by Gasteiger charge is -2.34. The summed E-state index contributed by atoms with van der Waals surface area (Å²) in [5.74, 6) is 3.08. The fourth-order valence-electron chi connectivity index (χ4n) is 7.94. The van der Waals surface area contributed by atoms with Crippen LogP contribution in [0.2, 0.25) is 0 Å². The van der Waals surface area contributed by atoms with Crippen molar-refractivity contribution in [2.75, 3.05) is 49.2 Å². The number of fused-ring (bicyclic) bond motifs is 2. The Morgan fingerprint density at radius 3 is 1.83 bits per heavy atom. The van der Waals surface area contributed by atoms with E-state index in [1.807, 2.05) is 43.3 Å². The maximum Gasteiger partial charge on any atom is 0.407 e. The number of benzene rings is 4. The van der Waals surface area contributed by atoms with Crippen molar-refractivity contribution < 1.29 is 24.5 Å². The molecule has 0 saturated carbocycles. The number of para-hydroxylation sites is 2. The molecule has 13 heteroatoms. The second-order valence-electron chi connectivity index (χ2n) is 15.5. The molecule has 5 heterocycles. The van der Waals surface area contributed by atoms with Crippen molar-refractivity contribution in [1.29, 1.82) is 0 Å². The molecule has 9 rings (SSSR count). The number of nitrogens with zero attached hydrogens (tertiary/aromatic N) is 6. The Morgan fingerprint density at radius 2 is 1.29 bits per heavy atom. The van der Waals surface area contributed by atoms with Gasteiger partial charge < -0.3 is 40.5 Å². The Kier molecular flexibility index (Phi) is 11.5. The number of phenols is 2. The van der Waals surface area contributed by atoms with Crippen molar-refractivity contribution in [3.63, 3.8) is 0 Å². The lowest BCUT2D eigenvalue weighted by atomic mass is 10.0. The number of rotatable bonds is 6. The number of alkyl carbamates (subject to hydrolysis) is 1. The van der Waals surface area contributed by atoms with Gasteiger partial charge in [0.2, 0.25) is 0 Å². The molecule has 3 aliphatic heterocycles. The van der Waals surface area contributed by atoms with Crippen LogP contribution < -0.4 is 20.9 Å². The normalized spacial score (nSPS) is 19.5. The number of aromatic hydroxyl groups is 2. The first kappa shape index (κ1) is 38.8. The lowest BCUT2D eigenvalue weighted by Crippen LogP contribution is -2.48. The molecule has 300 valence electrons. The van der Waals surface area contributed by atoms with E-state index in [0.29, 0.717) is 42.5 Å². The lowest BCUT2D eigenvalue weighted by molar-refractivity contribution is 0.0803. The predicted octanol–water partition coefficient (Wildman–Crippen LogP) is 7.03. The average Bonchev–Trinajstić information content (AvgIpc) is 3.73. The number of carbonyl (C=O) groups is 1. The van der Waals surface area contributed by atoms with Crippen LogP contribution in [0.25, 0.3) is 44.6 Å². The third-order valence-electron chi connectivity index (χ3n) is 10.9. The first-order chi connectivity index (χ1) is 28.2. The number of phenolic OH excluding ortho intramolecular Hbond substituents is 2. The summed E-state index contributed by atoms with van der Waals surface area (Å²) in [7, 11) is 0. The Hall–Kier alpha value is -6.05. The molecule has 5 N–H and O–H groups in total. The minimum atomic E-state index is -0.393. The van der Waals surface area contributed by atoms with Gasteiger partial charge in [0.05, 0.1) is 35.4 Å². The van der Waals surface area contributed by atoms with E-state index in [1.54, 1.807) is 24.3 Å². The molecule has 0 aliphatic carbocycles. The van der Waals surface area contributed by atoms with Crippen molar-refractivity contribution in [1.82, 2.24) is 25.3 Å². The molecular weight excluding hydrogens is 733 g/mol. The molecule has 0 radical (unpaired) electrons. The second-order valence-corrected chi connectivity index (χ2v) is 15.5. The molecule has 3 saturated heterocycles. The number of anilines is 2. The van der Waals surface area contributed by atoms with Gasteiger partial charge in [0.25, 0.3) is 0 Å². The quantitative estimate of drug-likeness (QED) is 0.136. The number of aryl methyl sites for hydroxylation is 2. The van der Waals surface area contributed by atoms with E-state index >= 15 is 0 Å². The first-order valence-corrected chi connectivity index (χ1v) is 20.1. The molecule has 1 amide bonds. The molecule has 3 atom stereocenters. The summed E-state index contributed by atoms with van der Waals surface area (Å²) in [4.78, 5) is 36.0. The summed E-state index contributed by atoms with van der Waals surface area (Å²) in [6.07, 6.45) is 4.08. The molecule has 4 aromatic carbocycles. The molecule has 0 bridgehead atoms. The fraction of sp³-hybridized carbons (Fsp3) is 0.356. The van der Waals surface area contributed by atoms with Crippen LogP contribution in [-0.2, 0) is 9.47 Å². The van der Waals surface area contributed by atoms with Gasteiger partial charge in [0.15, 0.2) is 11.6 Å². The zero-order valence-corrected chi connectivity index (χ0v) is 33.0. The minimum Gasteiger partial charge on any atom is -0.507 e. The van der Waals surface area contributed by atoms with E-state index in [9.17, 15) is 15.0 Å². The highest BCUT2D eigenvalue weighted by Gasteiger charge is 2.28. The number of ether oxygens (including phenoxy) is 2. The third-order valence-corrected chi connectivity index (χ3v) is 10.9. The van der Waals surface area contributed by atoms with Gasteiger partial charge in [-0.1, -0.05) is 36.4 Å². The zero-order valence-electron chi connectivity index (χ0n) is 33.0. The summed E-state index contributed by atoms with van der Waals surface area (Å²) >= 11 is 0. The van der Waals surface area contributed by atoms with Gasteiger partial charge in [0, 0.05) is 55.5 Å². The van der Waals surface area contributed by atoms with E-state index in [2.05, 4.69) is 46.3 Å². The van der Waals surface area contributed by atoms with Crippen LogP contribution in [0.1, 0.15) is 43.2 Å². The second kappa shape index (κ2) is 17.2. The summed E-state index contributed by atoms with van der Waals surface area (Å²) in [5, 5.41) is 25.6. The highest BCUT2D eigenvalue weighted by molar-refractivity contribution is 5.93. The van der Waals surface area contributed by atoms with Gasteiger partial charge in [-0.25, -0.2) is 24.7 Å². The van der Waals surface area contributed by atoms with Crippen LogP contribution >= 0.6 is 0 Å². The molecule has 0 spiro atoms. The maximum absolute atomic E-state index is 12.4. The van der Waals surface area contributed by atoms with Crippen LogP contribution in [0, 0.1) is 13.8 Å². The van der Waals surface area contributed by atoms with Crippen LogP contribution in [0.15, 0.2) is 84.9 Å². The Balaban J connectivity index is 0.000000168. The molecule has 6 aromatic rings. The Labute approximate surface area is 337 Å². The molecule has 2 aromatic heterocycles. The van der Waals surface area contributed by atoms with E-state index in [0.717, 1.165) is 96.3 Å². The van der Waals surface area contributed by atoms with E-state index in [4.69, 9.17) is 35.1 Å². The maximum atomic E-state index is 12.4. The van der Waals surface area contributed by atoms with Crippen LogP contribution in [0.4, 0.5) is 16.4 Å². The fourth-order valence-corrected chi connectivity index (χ4v) is 7.94. The largest absolute Gasteiger partial charge is 0.507 e. The summed E-state index contributed by atoms with van der Waals surface area (Å²) in [6, 6.07) is 26.8. The van der Waals surface area contributed by atoms with Crippen molar-refractivity contribution in [2.24, 2.45) is 5.73 Å². The summed E-state index contributed by atoms with van der Waals surface area (Å²) in [6.45, 7) is 8.36. The Morgan fingerprint density at radius 1 is 0.741 bits per heavy atom. The standard InChI is InChI=1S/C25H28N4O4.C20H22N4O/c1-16-8-9-19-21(13-16)27-23(20-6-2-3-7-22(20)30)28-24(19)29-11-4-5-17(14-29)26-25(31)33-18-10-12-32-15-18;1-13-8-9-15-17(11-13)22-19(16-6-2-3-7-18(16)25)23-20(15)24-10-4-5-14(21)12-24/h2-3,6-9,13,17-18,30H,4-5,10-12,14-15H2,1H3,(H,26,31);2-3,6-9,11,14,25H,4-5,10,12,21H2,1H3/t17-,18-;14-/m11/s1. The van der Waals surface area contributed by atoms with Gasteiger partial charge in [-0.2, -0.15) is 0 Å².